The molecule has 2 N–H and O–H groups in total. The van der Waals surface area contributed by atoms with Gasteiger partial charge in [0, 0.05) is 15.8 Å². The van der Waals surface area contributed by atoms with E-state index in [0.717, 1.165) is 45.9 Å². The molecule has 0 aliphatic heterocycles. The van der Waals surface area contributed by atoms with Crippen LogP contribution in [0.4, 0.5) is 0 Å². The lowest BCUT2D eigenvalue weighted by Crippen LogP contribution is -2.42. The molecule has 1 aliphatic carbocycles. The van der Waals surface area contributed by atoms with Crippen molar-refractivity contribution in [2.24, 2.45) is 0 Å². The Labute approximate surface area is 199 Å². The van der Waals surface area contributed by atoms with E-state index >= 15 is 0 Å². The van der Waals surface area contributed by atoms with Crippen molar-refractivity contribution in [1.82, 2.24) is 15.8 Å². The average Bonchev–Trinajstić information content (AvgIpc) is 3.50. The molecular formula is C25H21N3O3S2. The van der Waals surface area contributed by atoms with Gasteiger partial charge in [-0.1, -0.05) is 30.3 Å². The predicted molar refractivity (Wildman–Crippen MR) is 131 cm³/mol. The van der Waals surface area contributed by atoms with E-state index in [2.05, 4.69) is 21.9 Å². The molecule has 0 saturated carbocycles. The van der Waals surface area contributed by atoms with Crippen LogP contribution in [0, 0.1) is 0 Å². The van der Waals surface area contributed by atoms with Crippen LogP contribution in [0.2, 0.25) is 0 Å². The summed E-state index contributed by atoms with van der Waals surface area (Å²) in [5.74, 6) is 0.212. The zero-order valence-corrected chi connectivity index (χ0v) is 19.5. The van der Waals surface area contributed by atoms with Gasteiger partial charge in [0.05, 0.1) is 24.1 Å². The minimum atomic E-state index is -0.318. The third kappa shape index (κ3) is 4.53. The van der Waals surface area contributed by atoms with Crippen LogP contribution >= 0.6 is 22.7 Å². The molecule has 0 radical (unpaired) electrons. The highest BCUT2D eigenvalue weighted by atomic mass is 32.1. The number of nitrogens with one attached hydrogen (secondary N) is 2. The second kappa shape index (κ2) is 9.17. The van der Waals surface area contributed by atoms with Crippen molar-refractivity contribution in [1.29, 1.82) is 0 Å². The smallest absolute Gasteiger partial charge is 0.279 e. The van der Waals surface area contributed by atoms with E-state index in [9.17, 15) is 9.59 Å². The number of aryl methyl sites for hydroxylation is 2. The molecule has 2 heterocycles. The van der Waals surface area contributed by atoms with E-state index in [4.69, 9.17) is 4.74 Å². The molecule has 8 heteroatoms. The van der Waals surface area contributed by atoms with Gasteiger partial charge in [0.25, 0.3) is 5.91 Å². The number of thiazole rings is 1. The van der Waals surface area contributed by atoms with Crippen LogP contribution in [0.5, 0.6) is 5.75 Å². The number of amides is 2. The van der Waals surface area contributed by atoms with Crippen molar-refractivity contribution < 1.29 is 14.3 Å². The second-order valence-electron chi connectivity index (χ2n) is 7.66. The van der Waals surface area contributed by atoms with E-state index in [-0.39, 0.29) is 18.2 Å². The number of ether oxygens (including phenoxy) is 1. The highest BCUT2D eigenvalue weighted by Crippen LogP contribution is 2.40. The van der Waals surface area contributed by atoms with Gasteiger partial charge in [0.1, 0.15) is 10.8 Å². The minimum absolute atomic E-state index is 0.105. The highest BCUT2D eigenvalue weighted by molar-refractivity contribution is 7.17. The summed E-state index contributed by atoms with van der Waals surface area (Å²) in [4.78, 5) is 31.2. The quantitative estimate of drug-likeness (QED) is 0.412. The Morgan fingerprint density at radius 2 is 1.85 bits per heavy atom. The van der Waals surface area contributed by atoms with Gasteiger partial charge >= 0.3 is 0 Å². The van der Waals surface area contributed by atoms with E-state index < -0.39 is 0 Å². The Morgan fingerprint density at radius 1 is 1.03 bits per heavy atom. The SMILES string of the molecule is COc1ccc2c(c1)CCc1cc(C(=O)NNC(=O)Cc3nc(-c4ccccc4)cs3)sc1-2. The zero-order chi connectivity index (χ0) is 22.8. The molecule has 33 heavy (non-hydrogen) atoms. The van der Waals surface area contributed by atoms with Gasteiger partial charge in [-0.05, 0) is 53.8 Å². The number of rotatable bonds is 5. The van der Waals surface area contributed by atoms with Crippen molar-refractivity contribution in [2.75, 3.05) is 7.11 Å². The summed E-state index contributed by atoms with van der Waals surface area (Å²) < 4.78 is 5.33. The number of thiophene rings is 1. The van der Waals surface area contributed by atoms with Gasteiger partial charge in [0.2, 0.25) is 5.91 Å². The normalized spacial score (nSPS) is 11.9. The number of aromatic nitrogens is 1. The molecule has 2 aromatic heterocycles. The number of nitrogens with zero attached hydrogens (tertiary/aromatic N) is 1. The Bertz CT molecular complexity index is 1330. The molecule has 2 aromatic carbocycles. The number of methoxy groups -OCH3 is 1. The lowest BCUT2D eigenvalue weighted by molar-refractivity contribution is -0.121. The minimum Gasteiger partial charge on any atom is -0.497 e. The summed E-state index contributed by atoms with van der Waals surface area (Å²) >= 11 is 2.87. The van der Waals surface area contributed by atoms with Crippen molar-refractivity contribution in [3.05, 3.63) is 81.0 Å². The summed E-state index contributed by atoms with van der Waals surface area (Å²) in [5, 5.41) is 2.62. The van der Waals surface area contributed by atoms with E-state index in [1.807, 2.05) is 53.9 Å². The average molecular weight is 476 g/mol. The first kappa shape index (κ1) is 21.4. The molecule has 0 spiro atoms. The molecule has 0 unspecified atom stereocenters. The molecule has 0 fully saturated rings. The topological polar surface area (TPSA) is 80.3 Å². The molecule has 2 amide bonds. The summed E-state index contributed by atoms with van der Waals surface area (Å²) in [6.07, 6.45) is 1.89. The molecule has 4 aromatic rings. The maximum atomic E-state index is 12.7. The number of fused-ring (bicyclic) bond motifs is 3. The summed E-state index contributed by atoms with van der Waals surface area (Å²) in [5.41, 5.74) is 10.4. The Kier molecular flexibility index (Phi) is 5.93. The van der Waals surface area contributed by atoms with E-state index in [1.165, 1.54) is 28.2 Å². The number of benzene rings is 2. The second-order valence-corrected chi connectivity index (χ2v) is 9.65. The molecule has 166 valence electrons. The zero-order valence-electron chi connectivity index (χ0n) is 17.9. The molecule has 6 nitrogen and oxygen atoms in total. The van der Waals surface area contributed by atoms with Crippen LogP contribution in [0.25, 0.3) is 21.7 Å². The number of carbonyl (C=O) groups is 2. The lowest BCUT2D eigenvalue weighted by Gasteiger charge is -2.16. The number of hydrogen-bond acceptors (Lipinski definition) is 6. The third-order valence-corrected chi connectivity index (χ3v) is 7.56. The Balaban J connectivity index is 1.21. The van der Waals surface area contributed by atoms with Gasteiger partial charge in [-0.2, -0.15) is 0 Å². The first-order chi connectivity index (χ1) is 16.1. The fourth-order valence-electron chi connectivity index (χ4n) is 3.85. The van der Waals surface area contributed by atoms with Gasteiger partial charge in [0.15, 0.2) is 0 Å². The van der Waals surface area contributed by atoms with Crippen molar-refractivity contribution in [3.8, 4) is 27.4 Å². The number of hydrogen-bond donors (Lipinski definition) is 2. The summed E-state index contributed by atoms with van der Waals surface area (Å²) in [7, 11) is 1.66. The Hall–Kier alpha value is -3.49. The van der Waals surface area contributed by atoms with Crippen LogP contribution in [0.15, 0.2) is 60.0 Å². The fraction of sp³-hybridized carbons (Fsp3) is 0.160. The predicted octanol–water partition coefficient (Wildman–Crippen LogP) is 4.65. The molecule has 0 bridgehead atoms. The van der Waals surface area contributed by atoms with Crippen LogP contribution in [0.3, 0.4) is 0 Å². The first-order valence-electron chi connectivity index (χ1n) is 10.5. The van der Waals surface area contributed by atoms with E-state index in [0.29, 0.717) is 9.88 Å². The largest absolute Gasteiger partial charge is 0.497 e. The molecule has 5 rings (SSSR count). The summed E-state index contributed by atoms with van der Waals surface area (Å²) in [6, 6.07) is 17.8. The van der Waals surface area contributed by atoms with Gasteiger partial charge in [-0.25, -0.2) is 4.98 Å². The van der Waals surface area contributed by atoms with Crippen LogP contribution in [-0.2, 0) is 24.1 Å². The van der Waals surface area contributed by atoms with Crippen molar-refractivity contribution in [3.63, 3.8) is 0 Å². The molecule has 0 saturated heterocycles. The fourth-order valence-corrected chi connectivity index (χ4v) is 5.82. The highest BCUT2D eigenvalue weighted by Gasteiger charge is 2.22. The van der Waals surface area contributed by atoms with Gasteiger partial charge in [-0.15, -0.1) is 22.7 Å². The molecule has 0 atom stereocenters. The van der Waals surface area contributed by atoms with Crippen molar-refractivity contribution >= 4 is 34.5 Å². The monoisotopic (exact) mass is 475 g/mol. The van der Waals surface area contributed by atoms with E-state index in [1.54, 1.807) is 7.11 Å². The summed E-state index contributed by atoms with van der Waals surface area (Å²) in [6.45, 7) is 0. The third-order valence-electron chi connectivity index (χ3n) is 5.50. The lowest BCUT2D eigenvalue weighted by atomic mass is 9.91. The van der Waals surface area contributed by atoms with Gasteiger partial charge < -0.3 is 4.74 Å². The van der Waals surface area contributed by atoms with Crippen molar-refractivity contribution in [2.45, 2.75) is 19.3 Å². The number of hydrazine groups is 1. The van der Waals surface area contributed by atoms with Crippen LogP contribution in [-0.4, -0.2) is 23.9 Å². The standard InChI is InChI=1S/C25H21N3O3S2/c1-31-18-9-10-19-16(11-18)7-8-17-12-21(33-24(17)19)25(30)28-27-22(29)13-23-26-20(14-32-23)15-5-3-2-4-6-15/h2-6,9-12,14H,7-8,13H2,1H3,(H,27,29)(H,28,30). The maximum Gasteiger partial charge on any atom is 0.279 e. The number of carbonyl (C=O) groups excluding carboxylic acids is 2. The van der Waals surface area contributed by atoms with Crippen LogP contribution < -0.4 is 15.6 Å². The van der Waals surface area contributed by atoms with Crippen LogP contribution in [0.1, 0.15) is 25.8 Å². The molecule has 1 aliphatic rings. The first-order valence-corrected chi connectivity index (χ1v) is 12.2. The van der Waals surface area contributed by atoms with Gasteiger partial charge in [-0.3, -0.25) is 20.4 Å². The maximum absolute atomic E-state index is 12.7. The molecular weight excluding hydrogens is 454 g/mol. The Morgan fingerprint density at radius 3 is 2.67 bits per heavy atom.